The molecule has 3 aromatic rings. The molecule has 0 radical (unpaired) electrons. The summed E-state index contributed by atoms with van der Waals surface area (Å²) in [5, 5.41) is 5.25. The van der Waals surface area contributed by atoms with Crippen LogP contribution < -0.4 is 10.1 Å². The van der Waals surface area contributed by atoms with Crippen molar-refractivity contribution in [2.45, 2.75) is 6.92 Å². The first-order valence-corrected chi connectivity index (χ1v) is 6.45. The van der Waals surface area contributed by atoms with E-state index >= 15 is 0 Å². The minimum Gasteiger partial charge on any atom is -0.439 e. The van der Waals surface area contributed by atoms with Gasteiger partial charge >= 0.3 is 0 Å². The molecule has 1 heterocycles. The number of anilines is 1. The van der Waals surface area contributed by atoms with Crippen LogP contribution in [0.5, 0.6) is 11.6 Å². The maximum Gasteiger partial charge on any atom is 0.225 e. The normalized spacial score (nSPS) is 10.5. The molecule has 0 unspecified atom stereocenters. The van der Waals surface area contributed by atoms with Crippen LogP contribution in [0.3, 0.4) is 0 Å². The van der Waals surface area contributed by atoms with Crippen LogP contribution in [0.4, 0.5) is 5.95 Å². The molecule has 0 atom stereocenters. The topological polar surface area (TPSA) is 47.0 Å². The Kier molecular flexibility index (Phi) is 3.21. The molecule has 0 aliphatic heterocycles. The van der Waals surface area contributed by atoms with Crippen LogP contribution in [-0.4, -0.2) is 17.0 Å². The lowest BCUT2D eigenvalue weighted by Gasteiger charge is -2.08. The largest absolute Gasteiger partial charge is 0.439 e. The lowest BCUT2D eigenvalue weighted by atomic mass is 10.1. The van der Waals surface area contributed by atoms with Gasteiger partial charge in [-0.1, -0.05) is 30.3 Å². The molecule has 20 heavy (non-hydrogen) atoms. The zero-order valence-corrected chi connectivity index (χ0v) is 11.4. The quantitative estimate of drug-likeness (QED) is 0.783. The second-order valence-corrected chi connectivity index (χ2v) is 4.53. The molecule has 4 heteroatoms. The molecule has 0 saturated heterocycles. The van der Waals surface area contributed by atoms with Crippen LogP contribution in [-0.2, 0) is 0 Å². The molecule has 100 valence electrons. The number of ether oxygens (including phenoxy) is 1. The second kappa shape index (κ2) is 5.17. The molecule has 4 nitrogen and oxygen atoms in total. The summed E-state index contributed by atoms with van der Waals surface area (Å²) in [6.07, 6.45) is 0. The van der Waals surface area contributed by atoms with Gasteiger partial charge in [-0.05, 0) is 29.8 Å². The summed E-state index contributed by atoms with van der Waals surface area (Å²) in [6.45, 7) is 1.91. The molecule has 0 bridgehead atoms. The van der Waals surface area contributed by atoms with E-state index in [1.54, 1.807) is 7.05 Å². The number of rotatable bonds is 3. The van der Waals surface area contributed by atoms with E-state index in [4.69, 9.17) is 4.74 Å². The van der Waals surface area contributed by atoms with E-state index in [9.17, 15) is 0 Å². The molecule has 0 saturated carbocycles. The van der Waals surface area contributed by atoms with Gasteiger partial charge in [0.2, 0.25) is 11.8 Å². The third-order valence-electron chi connectivity index (χ3n) is 3.00. The molecule has 0 aliphatic rings. The van der Waals surface area contributed by atoms with Crippen LogP contribution in [0.2, 0.25) is 0 Å². The Bertz CT molecular complexity index is 756. The highest BCUT2D eigenvalue weighted by molar-refractivity contribution is 5.83. The highest BCUT2D eigenvalue weighted by Gasteiger charge is 2.04. The summed E-state index contributed by atoms with van der Waals surface area (Å²) in [6, 6.07) is 16.0. The van der Waals surface area contributed by atoms with E-state index < -0.39 is 0 Å². The number of hydrogen-bond donors (Lipinski definition) is 1. The molecule has 0 spiro atoms. The molecular weight excluding hydrogens is 250 g/mol. The van der Waals surface area contributed by atoms with Crippen molar-refractivity contribution in [3.05, 3.63) is 54.2 Å². The molecule has 1 aromatic heterocycles. The Morgan fingerprint density at radius 1 is 0.950 bits per heavy atom. The summed E-state index contributed by atoms with van der Waals surface area (Å²) >= 11 is 0. The lowest BCUT2D eigenvalue weighted by Crippen LogP contribution is -1.99. The predicted octanol–water partition coefficient (Wildman–Crippen LogP) is 3.77. The summed E-state index contributed by atoms with van der Waals surface area (Å²) in [5.74, 6) is 1.86. The number of nitrogens with one attached hydrogen (secondary N) is 1. The summed E-state index contributed by atoms with van der Waals surface area (Å²) in [7, 11) is 1.79. The van der Waals surface area contributed by atoms with Crippen molar-refractivity contribution in [2.75, 3.05) is 12.4 Å². The highest BCUT2D eigenvalue weighted by Crippen LogP contribution is 2.25. The van der Waals surface area contributed by atoms with Crippen LogP contribution in [0.25, 0.3) is 10.8 Å². The zero-order chi connectivity index (χ0) is 13.9. The molecule has 0 fully saturated rings. The van der Waals surface area contributed by atoms with E-state index in [1.807, 2.05) is 43.3 Å². The van der Waals surface area contributed by atoms with Gasteiger partial charge in [-0.2, -0.15) is 4.98 Å². The SMILES string of the molecule is CNc1nc(C)cc(Oc2ccc3ccccc3c2)n1. The van der Waals surface area contributed by atoms with E-state index in [0.717, 1.165) is 16.8 Å². The van der Waals surface area contributed by atoms with Crippen molar-refractivity contribution in [3.8, 4) is 11.6 Å². The average Bonchev–Trinajstić information content (AvgIpc) is 2.46. The van der Waals surface area contributed by atoms with Crippen molar-refractivity contribution in [1.82, 2.24) is 9.97 Å². The number of benzene rings is 2. The van der Waals surface area contributed by atoms with Gasteiger partial charge in [0.1, 0.15) is 5.75 Å². The predicted molar refractivity (Wildman–Crippen MR) is 80.3 cm³/mol. The standard InChI is InChI=1S/C16H15N3O/c1-11-9-15(19-16(17-2)18-11)20-14-8-7-12-5-3-4-6-13(12)10-14/h3-10H,1-2H3,(H,17,18,19). The second-order valence-electron chi connectivity index (χ2n) is 4.53. The van der Waals surface area contributed by atoms with Crippen LogP contribution in [0.1, 0.15) is 5.69 Å². The fourth-order valence-corrected chi connectivity index (χ4v) is 2.06. The monoisotopic (exact) mass is 265 g/mol. The Labute approximate surface area is 117 Å². The van der Waals surface area contributed by atoms with Crippen LogP contribution in [0.15, 0.2) is 48.5 Å². The molecular formula is C16H15N3O. The maximum atomic E-state index is 5.82. The van der Waals surface area contributed by atoms with Gasteiger partial charge in [0.25, 0.3) is 0 Å². The molecule has 3 rings (SSSR count). The fourth-order valence-electron chi connectivity index (χ4n) is 2.06. The van der Waals surface area contributed by atoms with Crippen molar-refractivity contribution in [2.24, 2.45) is 0 Å². The van der Waals surface area contributed by atoms with Crippen molar-refractivity contribution < 1.29 is 4.74 Å². The number of aromatic nitrogens is 2. The number of fused-ring (bicyclic) bond motifs is 1. The van der Waals surface area contributed by atoms with Gasteiger partial charge in [0.05, 0.1) is 0 Å². The number of hydrogen-bond acceptors (Lipinski definition) is 4. The zero-order valence-electron chi connectivity index (χ0n) is 11.4. The van der Waals surface area contributed by atoms with Gasteiger partial charge in [0.15, 0.2) is 0 Å². The van der Waals surface area contributed by atoms with Crippen LogP contribution in [0, 0.1) is 6.92 Å². The maximum absolute atomic E-state index is 5.82. The van der Waals surface area contributed by atoms with Gasteiger partial charge < -0.3 is 10.1 Å². The molecule has 0 amide bonds. The summed E-state index contributed by atoms with van der Waals surface area (Å²) in [4.78, 5) is 8.52. The van der Waals surface area contributed by atoms with Gasteiger partial charge in [-0.3, -0.25) is 0 Å². The van der Waals surface area contributed by atoms with E-state index in [1.165, 1.54) is 5.39 Å². The van der Waals surface area contributed by atoms with Crippen molar-refractivity contribution in [1.29, 1.82) is 0 Å². The van der Waals surface area contributed by atoms with E-state index in [-0.39, 0.29) is 0 Å². The van der Waals surface area contributed by atoms with Crippen molar-refractivity contribution in [3.63, 3.8) is 0 Å². The lowest BCUT2D eigenvalue weighted by molar-refractivity contribution is 0.462. The fraction of sp³-hybridized carbons (Fsp3) is 0.125. The highest BCUT2D eigenvalue weighted by atomic mass is 16.5. The first kappa shape index (κ1) is 12.4. The van der Waals surface area contributed by atoms with Crippen molar-refractivity contribution >= 4 is 16.7 Å². The number of aryl methyl sites for hydroxylation is 1. The van der Waals surface area contributed by atoms with Gasteiger partial charge in [-0.25, -0.2) is 4.98 Å². The Hall–Kier alpha value is -2.62. The Balaban J connectivity index is 1.94. The average molecular weight is 265 g/mol. The third kappa shape index (κ3) is 2.54. The first-order valence-electron chi connectivity index (χ1n) is 6.45. The summed E-state index contributed by atoms with van der Waals surface area (Å²) < 4.78 is 5.82. The minimum absolute atomic E-state index is 0.539. The van der Waals surface area contributed by atoms with Crippen LogP contribution >= 0.6 is 0 Å². The number of nitrogens with zero attached hydrogens (tertiary/aromatic N) is 2. The van der Waals surface area contributed by atoms with Gasteiger partial charge in [0, 0.05) is 18.8 Å². The smallest absolute Gasteiger partial charge is 0.225 e. The Morgan fingerprint density at radius 2 is 1.75 bits per heavy atom. The molecule has 2 aromatic carbocycles. The third-order valence-corrected chi connectivity index (χ3v) is 3.00. The first-order chi connectivity index (χ1) is 9.74. The minimum atomic E-state index is 0.539. The van der Waals surface area contributed by atoms with E-state index in [2.05, 4.69) is 27.4 Å². The van der Waals surface area contributed by atoms with Gasteiger partial charge in [-0.15, -0.1) is 0 Å². The van der Waals surface area contributed by atoms with E-state index in [0.29, 0.717) is 11.8 Å². The Morgan fingerprint density at radius 3 is 2.55 bits per heavy atom. The molecule has 0 aliphatic carbocycles. The molecule has 1 N–H and O–H groups in total. The summed E-state index contributed by atoms with van der Waals surface area (Å²) in [5.41, 5.74) is 0.861.